The van der Waals surface area contributed by atoms with E-state index >= 15 is 0 Å². The molecule has 1 aromatic carbocycles. The quantitative estimate of drug-likeness (QED) is 0.845. The van der Waals surface area contributed by atoms with Crippen LogP contribution in [0.3, 0.4) is 0 Å². The van der Waals surface area contributed by atoms with E-state index in [0.717, 1.165) is 11.5 Å². The number of nitrogens with one attached hydrogen (secondary N) is 1. The van der Waals surface area contributed by atoms with Crippen molar-refractivity contribution in [2.45, 2.75) is 26.4 Å². The standard InChI is InChI=1S/C16H19NO4S/c1-10(2)21-12-6-4-11(5-7-12)15(18)17-13-8-9-22-14(13)16(19)20-3/h4-7,10H,8-9H2,1-3H3,(H,17,18). The second-order valence-electron chi connectivity index (χ2n) is 5.04. The first-order valence-electron chi connectivity index (χ1n) is 7.03. The minimum atomic E-state index is -0.404. The molecule has 1 N–H and O–H groups in total. The Hall–Kier alpha value is -1.95. The number of methoxy groups -OCH3 is 1. The van der Waals surface area contributed by atoms with Crippen molar-refractivity contribution in [1.29, 1.82) is 0 Å². The van der Waals surface area contributed by atoms with Crippen LogP contribution < -0.4 is 10.1 Å². The lowest BCUT2D eigenvalue weighted by atomic mass is 10.2. The molecule has 1 aromatic rings. The molecular weight excluding hydrogens is 302 g/mol. The van der Waals surface area contributed by atoms with Crippen LogP contribution in [0.4, 0.5) is 0 Å². The van der Waals surface area contributed by atoms with Crippen LogP contribution in [-0.4, -0.2) is 30.8 Å². The summed E-state index contributed by atoms with van der Waals surface area (Å²) in [5.74, 6) is 0.840. The van der Waals surface area contributed by atoms with E-state index in [2.05, 4.69) is 5.32 Å². The van der Waals surface area contributed by atoms with Gasteiger partial charge >= 0.3 is 5.97 Å². The summed E-state index contributed by atoms with van der Waals surface area (Å²) >= 11 is 1.40. The maximum Gasteiger partial charge on any atom is 0.346 e. The number of thioether (sulfide) groups is 1. The molecule has 1 aliphatic rings. The molecule has 2 rings (SSSR count). The second kappa shape index (κ2) is 7.35. The van der Waals surface area contributed by atoms with Crippen molar-refractivity contribution in [2.75, 3.05) is 12.9 Å². The van der Waals surface area contributed by atoms with Crippen LogP contribution in [0.2, 0.25) is 0 Å². The van der Waals surface area contributed by atoms with Crippen molar-refractivity contribution in [2.24, 2.45) is 0 Å². The number of carbonyl (C=O) groups is 2. The number of hydrogen-bond donors (Lipinski definition) is 1. The van der Waals surface area contributed by atoms with Gasteiger partial charge in [-0.1, -0.05) is 0 Å². The van der Waals surface area contributed by atoms with Gasteiger partial charge in [0.1, 0.15) is 10.7 Å². The number of allylic oxidation sites excluding steroid dienone is 1. The van der Waals surface area contributed by atoms with E-state index in [4.69, 9.17) is 9.47 Å². The molecule has 0 fully saturated rings. The van der Waals surface area contributed by atoms with E-state index in [1.807, 2.05) is 13.8 Å². The van der Waals surface area contributed by atoms with E-state index in [1.54, 1.807) is 24.3 Å². The van der Waals surface area contributed by atoms with Crippen molar-refractivity contribution < 1.29 is 19.1 Å². The summed E-state index contributed by atoms with van der Waals surface area (Å²) in [7, 11) is 1.33. The van der Waals surface area contributed by atoms with Gasteiger partial charge in [0.05, 0.1) is 13.2 Å². The van der Waals surface area contributed by atoms with Crippen LogP contribution in [0.5, 0.6) is 5.75 Å². The highest BCUT2D eigenvalue weighted by atomic mass is 32.2. The zero-order valence-corrected chi connectivity index (χ0v) is 13.7. The van der Waals surface area contributed by atoms with Gasteiger partial charge in [0.25, 0.3) is 5.91 Å². The van der Waals surface area contributed by atoms with E-state index in [9.17, 15) is 9.59 Å². The zero-order valence-electron chi connectivity index (χ0n) is 12.8. The Labute approximate surface area is 134 Å². The molecule has 1 amide bonds. The highest BCUT2D eigenvalue weighted by Gasteiger charge is 2.24. The lowest BCUT2D eigenvalue weighted by molar-refractivity contribution is -0.135. The Bertz CT molecular complexity index is 593. The number of esters is 1. The minimum Gasteiger partial charge on any atom is -0.491 e. The van der Waals surface area contributed by atoms with Gasteiger partial charge in [0.15, 0.2) is 0 Å². The Kier molecular flexibility index (Phi) is 5.49. The summed E-state index contributed by atoms with van der Waals surface area (Å²) in [6.45, 7) is 3.89. The average Bonchev–Trinajstić information content (AvgIpc) is 2.94. The third-order valence-corrected chi connectivity index (χ3v) is 4.11. The summed E-state index contributed by atoms with van der Waals surface area (Å²) in [6.07, 6.45) is 0.734. The van der Waals surface area contributed by atoms with Gasteiger partial charge in [-0.25, -0.2) is 4.79 Å². The summed E-state index contributed by atoms with van der Waals surface area (Å²) in [4.78, 5) is 24.3. The molecule has 0 saturated carbocycles. The first-order valence-corrected chi connectivity index (χ1v) is 8.02. The third-order valence-electron chi connectivity index (χ3n) is 3.00. The molecule has 6 heteroatoms. The number of benzene rings is 1. The fourth-order valence-electron chi connectivity index (χ4n) is 2.02. The van der Waals surface area contributed by atoms with E-state index in [1.165, 1.54) is 18.9 Å². The Balaban J connectivity index is 2.07. The third kappa shape index (κ3) is 4.04. The van der Waals surface area contributed by atoms with Gasteiger partial charge < -0.3 is 14.8 Å². The van der Waals surface area contributed by atoms with Crippen LogP contribution >= 0.6 is 11.8 Å². The monoisotopic (exact) mass is 321 g/mol. The van der Waals surface area contributed by atoms with Gasteiger partial charge in [-0.3, -0.25) is 4.79 Å². The molecule has 0 unspecified atom stereocenters. The Morgan fingerprint density at radius 2 is 1.91 bits per heavy atom. The number of hydrogen-bond acceptors (Lipinski definition) is 5. The molecule has 0 atom stereocenters. The molecule has 0 saturated heterocycles. The normalized spacial score (nSPS) is 14.2. The first kappa shape index (κ1) is 16.4. The largest absolute Gasteiger partial charge is 0.491 e. The molecule has 0 aliphatic carbocycles. The van der Waals surface area contributed by atoms with Crippen LogP contribution in [0.25, 0.3) is 0 Å². The number of ether oxygens (including phenoxy) is 2. The Morgan fingerprint density at radius 1 is 1.23 bits per heavy atom. The van der Waals surface area contributed by atoms with E-state index in [-0.39, 0.29) is 12.0 Å². The molecule has 118 valence electrons. The Morgan fingerprint density at radius 3 is 2.50 bits per heavy atom. The molecule has 1 aliphatic heterocycles. The summed E-state index contributed by atoms with van der Waals surface area (Å²) in [6, 6.07) is 6.92. The van der Waals surface area contributed by atoms with Crippen molar-refractivity contribution in [1.82, 2.24) is 5.32 Å². The predicted octanol–water partition coefficient (Wildman–Crippen LogP) is 2.73. The topological polar surface area (TPSA) is 64.6 Å². The maximum absolute atomic E-state index is 12.2. The molecule has 22 heavy (non-hydrogen) atoms. The number of rotatable bonds is 5. The number of carbonyl (C=O) groups excluding carboxylic acids is 2. The molecule has 5 nitrogen and oxygen atoms in total. The van der Waals surface area contributed by atoms with Crippen molar-refractivity contribution in [3.05, 3.63) is 40.4 Å². The fraction of sp³-hybridized carbons (Fsp3) is 0.375. The van der Waals surface area contributed by atoms with Gasteiger partial charge in [0, 0.05) is 17.0 Å². The first-order chi connectivity index (χ1) is 10.5. The van der Waals surface area contributed by atoms with Crippen LogP contribution in [0, 0.1) is 0 Å². The lowest BCUT2D eigenvalue weighted by Gasteiger charge is -2.11. The second-order valence-corrected chi connectivity index (χ2v) is 6.15. The lowest BCUT2D eigenvalue weighted by Crippen LogP contribution is -2.24. The van der Waals surface area contributed by atoms with Gasteiger partial charge in [-0.05, 0) is 44.5 Å². The van der Waals surface area contributed by atoms with Crippen molar-refractivity contribution in [3.8, 4) is 5.75 Å². The predicted molar refractivity (Wildman–Crippen MR) is 85.8 cm³/mol. The fourth-order valence-corrected chi connectivity index (χ4v) is 3.05. The average molecular weight is 321 g/mol. The van der Waals surface area contributed by atoms with E-state index < -0.39 is 5.97 Å². The van der Waals surface area contributed by atoms with Gasteiger partial charge in [-0.15, -0.1) is 11.8 Å². The molecule has 0 radical (unpaired) electrons. The molecular formula is C16H19NO4S. The number of amides is 1. The highest BCUT2D eigenvalue weighted by Crippen LogP contribution is 2.30. The molecule has 1 heterocycles. The van der Waals surface area contributed by atoms with Crippen LogP contribution in [0.15, 0.2) is 34.9 Å². The smallest absolute Gasteiger partial charge is 0.346 e. The molecule has 0 aromatic heterocycles. The SMILES string of the molecule is COC(=O)C1=C(NC(=O)c2ccc(OC(C)C)cc2)CCS1. The van der Waals surface area contributed by atoms with Crippen molar-refractivity contribution >= 4 is 23.6 Å². The van der Waals surface area contributed by atoms with E-state index in [0.29, 0.717) is 22.6 Å². The zero-order chi connectivity index (χ0) is 16.1. The summed E-state index contributed by atoms with van der Waals surface area (Å²) < 4.78 is 10.3. The van der Waals surface area contributed by atoms with Crippen molar-refractivity contribution in [3.63, 3.8) is 0 Å². The van der Waals surface area contributed by atoms with Crippen LogP contribution in [-0.2, 0) is 9.53 Å². The van der Waals surface area contributed by atoms with Gasteiger partial charge in [-0.2, -0.15) is 0 Å². The summed E-state index contributed by atoms with van der Waals surface area (Å²) in [5, 5.41) is 2.80. The minimum absolute atomic E-state index is 0.0861. The molecule has 0 bridgehead atoms. The van der Waals surface area contributed by atoms with Gasteiger partial charge in [0.2, 0.25) is 0 Å². The maximum atomic E-state index is 12.2. The highest BCUT2D eigenvalue weighted by molar-refractivity contribution is 8.04. The van der Waals surface area contributed by atoms with Crippen LogP contribution in [0.1, 0.15) is 30.6 Å². The molecule has 0 spiro atoms. The summed E-state index contributed by atoms with van der Waals surface area (Å²) in [5.41, 5.74) is 1.15.